The molecule has 7 atom stereocenters. The number of quaternary nitrogens is 4. The monoisotopic (exact) mass is 340 g/mol. The summed E-state index contributed by atoms with van der Waals surface area (Å²) >= 11 is 0. The molecule has 0 saturated heterocycles. The van der Waals surface area contributed by atoms with Gasteiger partial charge in [-0.1, -0.05) is 6.07 Å². The number of nitrogens with one attached hydrogen (secondary N) is 4. The SMILES string of the molecule is C[NH+]([O-])c1ccc(C2CCC([NH+](C)[O-])C([NH+](C)[O-])C2)cc1[NH+](C)[O-]. The maximum atomic E-state index is 12.0. The molecule has 2 rings (SSSR count). The van der Waals surface area contributed by atoms with Gasteiger partial charge < -0.3 is 41.1 Å². The predicted octanol–water partition coefficient (Wildman–Crippen LogP) is -3.00. The highest BCUT2D eigenvalue weighted by Gasteiger charge is 2.37. The molecule has 0 radical (unpaired) electrons. The van der Waals surface area contributed by atoms with Crippen LogP contribution in [-0.2, 0) is 0 Å². The Labute approximate surface area is 142 Å². The van der Waals surface area contributed by atoms with E-state index in [1.54, 1.807) is 26.2 Å². The Morgan fingerprint density at radius 3 is 1.88 bits per heavy atom. The number of likely N-dealkylation sites (N-methyl/N-ethyl adjacent to an activating group) is 2. The van der Waals surface area contributed by atoms with E-state index in [0.717, 1.165) is 12.0 Å². The average molecular weight is 340 g/mol. The summed E-state index contributed by atoms with van der Waals surface area (Å²) < 4.78 is 0. The van der Waals surface area contributed by atoms with Gasteiger partial charge in [0.05, 0.1) is 28.2 Å². The van der Waals surface area contributed by atoms with Gasteiger partial charge in [0.15, 0.2) is 11.4 Å². The molecule has 7 unspecified atom stereocenters. The van der Waals surface area contributed by atoms with Crippen LogP contribution in [0.25, 0.3) is 0 Å². The number of hydroxylamine groups is 6. The van der Waals surface area contributed by atoms with E-state index in [1.165, 1.54) is 14.1 Å². The van der Waals surface area contributed by atoms with E-state index in [-0.39, 0.29) is 38.3 Å². The molecule has 1 fully saturated rings. The Kier molecular flexibility index (Phi) is 6.29. The third kappa shape index (κ3) is 4.11. The van der Waals surface area contributed by atoms with Crippen molar-refractivity contribution >= 4 is 11.4 Å². The van der Waals surface area contributed by atoms with Gasteiger partial charge in [-0.25, -0.2) is 0 Å². The van der Waals surface area contributed by atoms with Crippen LogP contribution >= 0.6 is 0 Å². The number of hydrogen-bond donors (Lipinski definition) is 4. The summed E-state index contributed by atoms with van der Waals surface area (Å²) in [5, 5.41) is 47.2. The lowest BCUT2D eigenvalue weighted by Crippen LogP contribution is -3.20. The van der Waals surface area contributed by atoms with E-state index in [4.69, 9.17) is 0 Å². The minimum atomic E-state index is -0.255. The smallest absolute Gasteiger partial charge is 0.192 e. The molecule has 0 spiro atoms. The van der Waals surface area contributed by atoms with Crippen molar-refractivity contribution in [1.29, 1.82) is 0 Å². The van der Waals surface area contributed by atoms with Crippen LogP contribution in [0.3, 0.4) is 0 Å². The molecule has 1 saturated carbocycles. The molecule has 0 aromatic heterocycles. The van der Waals surface area contributed by atoms with Crippen LogP contribution in [-0.4, -0.2) is 40.3 Å². The lowest BCUT2D eigenvalue weighted by molar-refractivity contribution is -0.932. The zero-order chi connectivity index (χ0) is 18.0. The summed E-state index contributed by atoms with van der Waals surface area (Å²) in [7, 11) is 6.00. The first-order chi connectivity index (χ1) is 11.2. The van der Waals surface area contributed by atoms with Crippen LogP contribution in [0, 0.1) is 20.8 Å². The predicted molar refractivity (Wildman–Crippen MR) is 90.9 cm³/mol. The van der Waals surface area contributed by atoms with Gasteiger partial charge in [-0.15, -0.1) is 0 Å². The average Bonchev–Trinajstić information content (AvgIpc) is 2.53. The zero-order valence-corrected chi connectivity index (χ0v) is 14.7. The molecule has 0 bridgehead atoms. The molecule has 1 aromatic rings. The summed E-state index contributed by atoms with van der Waals surface area (Å²) in [4.78, 5) is 0. The molecule has 1 aromatic carbocycles. The second-order valence-electron chi connectivity index (χ2n) is 6.86. The summed E-state index contributed by atoms with van der Waals surface area (Å²) in [5.41, 5.74) is 1.85. The van der Waals surface area contributed by atoms with Crippen LogP contribution in [0.5, 0.6) is 0 Å². The quantitative estimate of drug-likeness (QED) is 0.428. The standard InChI is InChI=1S/C16H28N4O4/c1-17(21)13-7-5-11(9-15(13)19(3)23)12-6-8-14(18(2)22)16(10-12)20(4)24/h5,7,9,12,14,16-20H,6,8,10H2,1-4H3. The third-order valence-corrected chi connectivity index (χ3v) is 5.17. The first-order valence-corrected chi connectivity index (χ1v) is 8.39. The lowest BCUT2D eigenvalue weighted by atomic mass is 9.78. The third-order valence-electron chi connectivity index (χ3n) is 5.17. The Bertz CT molecular complexity index is 551. The van der Waals surface area contributed by atoms with Gasteiger partial charge in [0.2, 0.25) is 0 Å². The second-order valence-corrected chi connectivity index (χ2v) is 6.86. The van der Waals surface area contributed by atoms with Gasteiger partial charge in [-0.2, -0.15) is 0 Å². The van der Waals surface area contributed by atoms with E-state index in [0.29, 0.717) is 24.2 Å². The van der Waals surface area contributed by atoms with Gasteiger partial charge in [-0.05, 0) is 17.9 Å². The maximum Gasteiger partial charge on any atom is 0.192 e. The van der Waals surface area contributed by atoms with E-state index >= 15 is 0 Å². The molecular weight excluding hydrogens is 312 g/mol. The van der Waals surface area contributed by atoms with E-state index in [2.05, 4.69) is 0 Å². The van der Waals surface area contributed by atoms with Crippen molar-refractivity contribution in [3.8, 4) is 0 Å². The van der Waals surface area contributed by atoms with Gasteiger partial charge in [-0.3, -0.25) is 0 Å². The highest BCUT2D eigenvalue weighted by atomic mass is 16.5. The minimum absolute atomic E-state index is 0.0482. The van der Waals surface area contributed by atoms with Crippen molar-refractivity contribution in [2.75, 3.05) is 28.2 Å². The molecule has 0 amide bonds. The molecule has 8 nitrogen and oxygen atoms in total. The molecule has 0 aliphatic heterocycles. The van der Waals surface area contributed by atoms with Crippen LogP contribution in [0.2, 0.25) is 0 Å². The van der Waals surface area contributed by atoms with Crippen molar-refractivity contribution < 1.29 is 20.3 Å². The topological polar surface area (TPSA) is 110 Å². The summed E-state index contributed by atoms with van der Waals surface area (Å²) in [5.74, 6) is 0.133. The van der Waals surface area contributed by atoms with E-state index in [1.807, 2.05) is 6.07 Å². The summed E-state index contributed by atoms with van der Waals surface area (Å²) in [6.07, 6.45) is 2.12. The Morgan fingerprint density at radius 2 is 1.38 bits per heavy atom. The van der Waals surface area contributed by atoms with Crippen molar-refractivity contribution in [1.82, 2.24) is 0 Å². The first-order valence-electron chi connectivity index (χ1n) is 8.39. The fourth-order valence-electron chi connectivity index (χ4n) is 3.82. The Morgan fingerprint density at radius 1 is 0.792 bits per heavy atom. The lowest BCUT2D eigenvalue weighted by Gasteiger charge is -2.43. The fraction of sp³-hybridized carbons (Fsp3) is 0.625. The largest absolute Gasteiger partial charge is 0.634 e. The highest BCUT2D eigenvalue weighted by Crippen LogP contribution is 2.33. The minimum Gasteiger partial charge on any atom is -0.634 e. The Hall–Kier alpha value is -1.10. The van der Waals surface area contributed by atoms with Crippen LogP contribution < -0.4 is 20.3 Å². The molecule has 8 heteroatoms. The van der Waals surface area contributed by atoms with Crippen molar-refractivity contribution in [3.05, 3.63) is 44.6 Å². The van der Waals surface area contributed by atoms with E-state index in [9.17, 15) is 20.8 Å². The van der Waals surface area contributed by atoms with Crippen LogP contribution in [0.1, 0.15) is 30.7 Å². The first kappa shape index (κ1) is 19.2. The molecule has 24 heavy (non-hydrogen) atoms. The molecule has 1 aliphatic carbocycles. The van der Waals surface area contributed by atoms with Crippen LogP contribution in [0.4, 0.5) is 11.4 Å². The normalized spacial score (nSPS) is 29.8. The van der Waals surface area contributed by atoms with Crippen molar-refractivity contribution in [3.63, 3.8) is 0 Å². The van der Waals surface area contributed by atoms with Crippen molar-refractivity contribution in [2.45, 2.75) is 37.3 Å². The summed E-state index contributed by atoms with van der Waals surface area (Å²) in [6.45, 7) is 0. The van der Waals surface area contributed by atoms with E-state index < -0.39 is 0 Å². The number of benzene rings is 1. The van der Waals surface area contributed by atoms with Gasteiger partial charge >= 0.3 is 0 Å². The van der Waals surface area contributed by atoms with Crippen LogP contribution in [0.15, 0.2) is 18.2 Å². The summed E-state index contributed by atoms with van der Waals surface area (Å²) in [6, 6.07) is 4.92. The molecule has 136 valence electrons. The molecular formula is C16H28N4O4. The molecule has 0 heterocycles. The van der Waals surface area contributed by atoms with Crippen molar-refractivity contribution in [2.24, 2.45) is 0 Å². The highest BCUT2D eigenvalue weighted by molar-refractivity contribution is 5.54. The molecule has 1 aliphatic rings. The van der Waals surface area contributed by atoms with Gasteiger partial charge in [0.25, 0.3) is 0 Å². The number of hydrogen-bond acceptors (Lipinski definition) is 4. The zero-order valence-electron chi connectivity index (χ0n) is 14.7. The van der Waals surface area contributed by atoms with Gasteiger partial charge in [0, 0.05) is 25.0 Å². The Balaban J connectivity index is 2.27. The fourth-order valence-corrected chi connectivity index (χ4v) is 3.82. The maximum absolute atomic E-state index is 12.0. The second kappa shape index (κ2) is 7.85. The molecule has 4 N–H and O–H groups in total. The number of rotatable bonds is 5. The van der Waals surface area contributed by atoms with Gasteiger partial charge in [0.1, 0.15) is 12.1 Å².